The lowest BCUT2D eigenvalue weighted by molar-refractivity contribution is -0.116. The summed E-state index contributed by atoms with van der Waals surface area (Å²) in [6.45, 7) is 1.96. The molecule has 2 heterocycles. The minimum atomic E-state index is 0.0173. The van der Waals surface area contributed by atoms with Crippen LogP contribution in [0.5, 0.6) is 0 Å². The second-order valence-electron chi connectivity index (χ2n) is 3.35. The van der Waals surface area contributed by atoms with Crippen molar-refractivity contribution in [2.24, 2.45) is 0 Å². The number of carbonyl (C=O) groups is 1. The molecule has 0 aromatic carbocycles. The smallest absolute Gasteiger partial charge is 0.226 e. The number of rotatable bonds is 0. The summed E-state index contributed by atoms with van der Waals surface area (Å²) in [4.78, 5) is 15.6. The molecule has 0 saturated carbocycles. The molecule has 1 aromatic heterocycles. The molecule has 4 nitrogen and oxygen atoms in total. The molecule has 5 heteroatoms. The molecule has 1 aliphatic heterocycles. The van der Waals surface area contributed by atoms with Crippen molar-refractivity contribution in [1.29, 1.82) is 0 Å². The number of hydrogen-bond donors (Lipinski definition) is 2. The summed E-state index contributed by atoms with van der Waals surface area (Å²) in [5, 5.41) is 5.96. The number of halogens is 1. The van der Waals surface area contributed by atoms with Crippen molar-refractivity contribution in [3.8, 4) is 0 Å². The van der Waals surface area contributed by atoms with Crippen LogP contribution >= 0.6 is 15.9 Å². The molecule has 14 heavy (non-hydrogen) atoms. The average Bonchev–Trinajstić information content (AvgIpc) is 2.21. The van der Waals surface area contributed by atoms with E-state index < -0.39 is 0 Å². The third-order valence-corrected chi connectivity index (χ3v) is 2.44. The molecular formula is C9H10BrN3O. The Morgan fingerprint density at radius 2 is 2.43 bits per heavy atom. The molecule has 1 amide bonds. The SMILES string of the molecule is C[C@@H]1CC(=O)Nc2cc(Br)cnc2N1. The van der Waals surface area contributed by atoms with Crippen molar-refractivity contribution in [1.82, 2.24) is 4.98 Å². The van der Waals surface area contributed by atoms with Crippen LogP contribution in [0.1, 0.15) is 13.3 Å². The average molecular weight is 256 g/mol. The highest BCUT2D eigenvalue weighted by Crippen LogP contribution is 2.26. The molecular weight excluding hydrogens is 246 g/mol. The molecule has 1 aromatic rings. The van der Waals surface area contributed by atoms with Crippen LogP contribution in [0.2, 0.25) is 0 Å². The van der Waals surface area contributed by atoms with Crippen LogP contribution in [-0.2, 0) is 4.79 Å². The number of hydrogen-bond acceptors (Lipinski definition) is 3. The van der Waals surface area contributed by atoms with Crippen LogP contribution in [-0.4, -0.2) is 16.9 Å². The summed E-state index contributed by atoms with van der Waals surface area (Å²) in [5.41, 5.74) is 0.730. The molecule has 2 N–H and O–H groups in total. The minimum Gasteiger partial charge on any atom is -0.365 e. The van der Waals surface area contributed by atoms with Crippen molar-refractivity contribution < 1.29 is 4.79 Å². The Labute approximate surface area is 90.2 Å². The first-order valence-electron chi connectivity index (χ1n) is 4.37. The van der Waals surface area contributed by atoms with E-state index in [1.807, 2.05) is 13.0 Å². The van der Waals surface area contributed by atoms with E-state index in [2.05, 4.69) is 31.5 Å². The number of aromatic nitrogens is 1. The van der Waals surface area contributed by atoms with E-state index in [0.717, 1.165) is 16.0 Å². The third kappa shape index (κ3) is 1.87. The van der Waals surface area contributed by atoms with E-state index >= 15 is 0 Å². The Bertz CT molecular complexity index is 380. The summed E-state index contributed by atoms with van der Waals surface area (Å²) in [6, 6.07) is 1.95. The van der Waals surface area contributed by atoms with E-state index in [0.29, 0.717) is 6.42 Å². The predicted molar refractivity (Wildman–Crippen MR) is 58.3 cm³/mol. The minimum absolute atomic E-state index is 0.0173. The van der Waals surface area contributed by atoms with E-state index in [1.165, 1.54) is 0 Å². The van der Waals surface area contributed by atoms with Crippen molar-refractivity contribution >= 4 is 33.3 Å². The monoisotopic (exact) mass is 255 g/mol. The number of nitrogens with one attached hydrogen (secondary N) is 2. The zero-order valence-electron chi connectivity index (χ0n) is 7.67. The van der Waals surface area contributed by atoms with Crippen LogP contribution < -0.4 is 10.6 Å². The zero-order chi connectivity index (χ0) is 10.1. The van der Waals surface area contributed by atoms with Gasteiger partial charge < -0.3 is 10.6 Å². The lowest BCUT2D eigenvalue weighted by atomic mass is 10.2. The van der Waals surface area contributed by atoms with Gasteiger partial charge in [0.25, 0.3) is 0 Å². The Balaban J connectivity index is 2.41. The Hall–Kier alpha value is -1.10. The first-order valence-corrected chi connectivity index (χ1v) is 5.16. The zero-order valence-corrected chi connectivity index (χ0v) is 9.26. The predicted octanol–water partition coefficient (Wildman–Crippen LogP) is 1.99. The molecule has 0 fully saturated rings. The van der Waals surface area contributed by atoms with Crippen LogP contribution in [0.4, 0.5) is 11.5 Å². The van der Waals surface area contributed by atoms with Crippen molar-refractivity contribution in [2.75, 3.05) is 10.6 Å². The maximum absolute atomic E-state index is 11.4. The fourth-order valence-corrected chi connectivity index (χ4v) is 1.74. The van der Waals surface area contributed by atoms with E-state index in [9.17, 15) is 4.79 Å². The summed E-state index contributed by atoms with van der Waals surface area (Å²) >= 11 is 3.31. The Morgan fingerprint density at radius 3 is 3.21 bits per heavy atom. The van der Waals surface area contributed by atoms with Crippen LogP contribution in [0.15, 0.2) is 16.7 Å². The molecule has 74 valence electrons. The highest BCUT2D eigenvalue weighted by atomic mass is 79.9. The summed E-state index contributed by atoms with van der Waals surface area (Å²) in [6.07, 6.45) is 2.17. The highest BCUT2D eigenvalue weighted by Gasteiger charge is 2.18. The molecule has 0 unspecified atom stereocenters. The van der Waals surface area contributed by atoms with Gasteiger partial charge in [0.1, 0.15) is 5.82 Å². The van der Waals surface area contributed by atoms with Gasteiger partial charge >= 0.3 is 0 Å². The van der Waals surface area contributed by atoms with E-state index in [4.69, 9.17) is 0 Å². The molecule has 0 saturated heterocycles. The first kappa shape index (κ1) is 9.45. The summed E-state index contributed by atoms with van der Waals surface area (Å²) < 4.78 is 0.855. The van der Waals surface area contributed by atoms with Gasteiger partial charge in [-0.15, -0.1) is 0 Å². The van der Waals surface area contributed by atoms with Crippen molar-refractivity contribution in [3.63, 3.8) is 0 Å². The second-order valence-corrected chi connectivity index (χ2v) is 4.26. The number of nitrogens with zero attached hydrogens (tertiary/aromatic N) is 1. The largest absolute Gasteiger partial charge is 0.365 e. The molecule has 0 radical (unpaired) electrons. The van der Waals surface area contributed by atoms with Gasteiger partial charge in [0.15, 0.2) is 0 Å². The van der Waals surface area contributed by atoms with E-state index in [-0.39, 0.29) is 11.9 Å². The number of anilines is 2. The Kier molecular flexibility index (Phi) is 2.41. The molecule has 0 aliphatic carbocycles. The number of pyridine rings is 1. The fourth-order valence-electron chi connectivity index (χ4n) is 1.41. The fraction of sp³-hybridized carbons (Fsp3) is 0.333. The van der Waals surface area contributed by atoms with Gasteiger partial charge in [-0.25, -0.2) is 4.98 Å². The van der Waals surface area contributed by atoms with Gasteiger partial charge in [0, 0.05) is 23.1 Å². The van der Waals surface area contributed by atoms with Crippen molar-refractivity contribution in [2.45, 2.75) is 19.4 Å². The molecule has 0 bridgehead atoms. The van der Waals surface area contributed by atoms with Gasteiger partial charge in [-0.3, -0.25) is 4.79 Å². The molecule has 2 rings (SSSR count). The van der Waals surface area contributed by atoms with E-state index in [1.54, 1.807) is 6.20 Å². The Morgan fingerprint density at radius 1 is 1.64 bits per heavy atom. The molecule has 1 atom stereocenters. The summed E-state index contributed by atoms with van der Waals surface area (Å²) in [5.74, 6) is 0.746. The maximum atomic E-state index is 11.4. The maximum Gasteiger partial charge on any atom is 0.226 e. The third-order valence-electron chi connectivity index (χ3n) is 2.00. The van der Waals surface area contributed by atoms with Gasteiger partial charge in [-0.1, -0.05) is 0 Å². The quantitative estimate of drug-likeness (QED) is 0.746. The normalized spacial score (nSPS) is 20.4. The lowest BCUT2D eigenvalue weighted by Crippen LogP contribution is -2.19. The van der Waals surface area contributed by atoms with Gasteiger partial charge in [0.05, 0.1) is 5.69 Å². The number of amides is 1. The van der Waals surface area contributed by atoms with Gasteiger partial charge in [-0.05, 0) is 28.9 Å². The topological polar surface area (TPSA) is 54.0 Å². The molecule has 1 aliphatic rings. The number of carbonyl (C=O) groups excluding carboxylic acids is 1. The van der Waals surface area contributed by atoms with Gasteiger partial charge in [-0.2, -0.15) is 0 Å². The lowest BCUT2D eigenvalue weighted by Gasteiger charge is -2.09. The van der Waals surface area contributed by atoms with Crippen molar-refractivity contribution in [3.05, 3.63) is 16.7 Å². The van der Waals surface area contributed by atoms with Crippen LogP contribution in [0, 0.1) is 0 Å². The van der Waals surface area contributed by atoms with Crippen LogP contribution in [0.3, 0.4) is 0 Å². The molecule has 0 spiro atoms. The highest BCUT2D eigenvalue weighted by molar-refractivity contribution is 9.10. The standard InChI is InChI=1S/C9H10BrN3O/c1-5-2-8(14)13-7-3-6(10)4-11-9(7)12-5/h3-5H,2H2,1H3,(H,11,12)(H,13,14)/t5-/m1/s1. The second kappa shape index (κ2) is 3.57. The number of fused-ring (bicyclic) bond motifs is 1. The summed E-state index contributed by atoms with van der Waals surface area (Å²) in [7, 11) is 0. The first-order chi connectivity index (χ1) is 6.65. The van der Waals surface area contributed by atoms with Gasteiger partial charge in [0.2, 0.25) is 5.91 Å². The van der Waals surface area contributed by atoms with Crippen LogP contribution in [0.25, 0.3) is 0 Å².